The SMILES string of the molecule is COc1ccccc1OCCC(=O)N1CCCC1Cn1cccn1. The molecular weight excluding hydrogens is 306 g/mol. The predicted molar refractivity (Wildman–Crippen MR) is 90.1 cm³/mol. The maximum atomic E-state index is 12.5. The molecule has 1 atom stereocenters. The number of nitrogens with zero attached hydrogens (tertiary/aromatic N) is 3. The number of carbonyl (C=O) groups excluding carboxylic acids is 1. The molecule has 2 heterocycles. The molecule has 2 aromatic rings. The number of hydrogen-bond acceptors (Lipinski definition) is 4. The van der Waals surface area contributed by atoms with Gasteiger partial charge in [0.15, 0.2) is 11.5 Å². The Morgan fingerprint density at radius 2 is 2.12 bits per heavy atom. The Morgan fingerprint density at radius 1 is 1.29 bits per heavy atom. The summed E-state index contributed by atoms with van der Waals surface area (Å²) in [7, 11) is 1.61. The maximum Gasteiger partial charge on any atom is 0.226 e. The summed E-state index contributed by atoms with van der Waals surface area (Å²) in [6.07, 6.45) is 6.14. The predicted octanol–water partition coefficient (Wildman–Crippen LogP) is 2.35. The Balaban J connectivity index is 1.50. The zero-order valence-corrected chi connectivity index (χ0v) is 13.9. The average Bonchev–Trinajstić information content (AvgIpc) is 3.27. The molecule has 1 aliphatic heterocycles. The minimum Gasteiger partial charge on any atom is -0.493 e. The molecule has 0 bridgehead atoms. The molecule has 24 heavy (non-hydrogen) atoms. The number of methoxy groups -OCH3 is 1. The van der Waals surface area contributed by atoms with Crippen LogP contribution in [0.15, 0.2) is 42.7 Å². The highest BCUT2D eigenvalue weighted by molar-refractivity contribution is 5.77. The van der Waals surface area contributed by atoms with Gasteiger partial charge in [0.2, 0.25) is 5.91 Å². The van der Waals surface area contributed by atoms with Crippen LogP contribution in [0.5, 0.6) is 11.5 Å². The summed E-state index contributed by atoms with van der Waals surface area (Å²) < 4.78 is 12.8. The minimum atomic E-state index is 0.138. The molecule has 1 aromatic heterocycles. The molecule has 1 fully saturated rings. The maximum absolute atomic E-state index is 12.5. The lowest BCUT2D eigenvalue weighted by molar-refractivity contribution is -0.132. The summed E-state index contributed by atoms with van der Waals surface area (Å²) in [5, 5.41) is 4.23. The fourth-order valence-corrected chi connectivity index (χ4v) is 3.11. The van der Waals surface area contributed by atoms with E-state index in [1.165, 1.54) is 0 Å². The van der Waals surface area contributed by atoms with Gasteiger partial charge in [-0.1, -0.05) is 12.1 Å². The second kappa shape index (κ2) is 7.86. The molecule has 3 rings (SSSR count). The molecule has 0 N–H and O–H groups in total. The van der Waals surface area contributed by atoms with Crippen molar-refractivity contribution in [1.82, 2.24) is 14.7 Å². The fourth-order valence-electron chi connectivity index (χ4n) is 3.11. The lowest BCUT2D eigenvalue weighted by Crippen LogP contribution is -2.38. The standard InChI is InChI=1S/C18H23N3O3/c1-23-16-7-2-3-8-17(16)24-13-9-18(22)21-12-4-6-15(21)14-20-11-5-10-19-20/h2-3,5,7-8,10-11,15H,4,6,9,12-14H2,1H3. The van der Waals surface area contributed by atoms with Crippen molar-refractivity contribution in [2.24, 2.45) is 0 Å². The van der Waals surface area contributed by atoms with E-state index in [9.17, 15) is 4.79 Å². The molecule has 1 aliphatic rings. The Hall–Kier alpha value is -2.50. The third-order valence-electron chi connectivity index (χ3n) is 4.30. The molecule has 0 spiro atoms. The normalized spacial score (nSPS) is 17.0. The van der Waals surface area contributed by atoms with Gasteiger partial charge < -0.3 is 14.4 Å². The van der Waals surface area contributed by atoms with Gasteiger partial charge in [0, 0.05) is 18.9 Å². The molecule has 0 aliphatic carbocycles. The highest BCUT2D eigenvalue weighted by atomic mass is 16.5. The summed E-state index contributed by atoms with van der Waals surface area (Å²) in [6.45, 7) is 1.93. The van der Waals surface area contributed by atoms with E-state index in [-0.39, 0.29) is 11.9 Å². The number of aromatic nitrogens is 2. The van der Waals surface area contributed by atoms with Gasteiger partial charge in [-0.3, -0.25) is 9.48 Å². The van der Waals surface area contributed by atoms with Crippen LogP contribution in [-0.4, -0.2) is 46.9 Å². The molecule has 128 valence electrons. The molecule has 6 nitrogen and oxygen atoms in total. The number of rotatable bonds is 7. The first kappa shape index (κ1) is 16.4. The van der Waals surface area contributed by atoms with Crippen molar-refractivity contribution < 1.29 is 14.3 Å². The van der Waals surface area contributed by atoms with Gasteiger partial charge in [-0.25, -0.2) is 0 Å². The van der Waals surface area contributed by atoms with E-state index in [1.807, 2.05) is 46.1 Å². The zero-order valence-electron chi connectivity index (χ0n) is 13.9. The molecule has 0 saturated carbocycles. The molecule has 1 saturated heterocycles. The topological polar surface area (TPSA) is 56.6 Å². The average molecular weight is 329 g/mol. The van der Waals surface area contributed by atoms with Gasteiger partial charge in [-0.2, -0.15) is 5.10 Å². The first-order chi connectivity index (χ1) is 11.8. The largest absolute Gasteiger partial charge is 0.493 e. The smallest absolute Gasteiger partial charge is 0.226 e. The van der Waals surface area contributed by atoms with Crippen LogP contribution in [0.4, 0.5) is 0 Å². The van der Waals surface area contributed by atoms with Crippen LogP contribution in [-0.2, 0) is 11.3 Å². The van der Waals surface area contributed by atoms with Crippen molar-refractivity contribution in [2.75, 3.05) is 20.3 Å². The van der Waals surface area contributed by atoms with Crippen LogP contribution in [0, 0.1) is 0 Å². The minimum absolute atomic E-state index is 0.138. The van der Waals surface area contributed by atoms with Crippen molar-refractivity contribution in [3.63, 3.8) is 0 Å². The van der Waals surface area contributed by atoms with Crippen molar-refractivity contribution in [2.45, 2.75) is 31.8 Å². The molecule has 6 heteroatoms. The lowest BCUT2D eigenvalue weighted by Gasteiger charge is -2.25. The van der Waals surface area contributed by atoms with Gasteiger partial charge in [0.25, 0.3) is 0 Å². The monoisotopic (exact) mass is 329 g/mol. The Bertz CT molecular complexity index is 657. The second-order valence-electron chi connectivity index (χ2n) is 5.86. The number of carbonyl (C=O) groups is 1. The number of para-hydroxylation sites is 2. The van der Waals surface area contributed by atoms with E-state index < -0.39 is 0 Å². The molecule has 1 amide bonds. The van der Waals surface area contributed by atoms with Crippen LogP contribution < -0.4 is 9.47 Å². The van der Waals surface area contributed by atoms with Crippen molar-refractivity contribution in [3.05, 3.63) is 42.7 Å². The molecule has 0 radical (unpaired) electrons. The second-order valence-corrected chi connectivity index (χ2v) is 5.86. The summed E-state index contributed by atoms with van der Waals surface area (Å²) in [4.78, 5) is 14.5. The van der Waals surface area contributed by atoms with Crippen LogP contribution in [0.25, 0.3) is 0 Å². The Labute approximate surface area is 142 Å². The van der Waals surface area contributed by atoms with E-state index in [2.05, 4.69) is 5.10 Å². The van der Waals surface area contributed by atoms with E-state index in [0.717, 1.165) is 25.9 Å². The summed E-state index contributed by atoms with van der Waals surface area (Å²) in [6, 6.07) is 9.60. The third kappa shape index (κ3) is 3.88. The third-order valence-corrected chi connectivity index (χ3v) is 4.30. The van der Waals surface area contributed by atoms with Crippen molar-refractivity contribution in [1.29, 1.82) is 0 Å². The lowest BCUT2D eigenvalue weighted by atomic mass is 10.2. The van der Waals surface area contributed by atoms with Gasteiger partial charge in [0.1, 0.15) is 0 Å². The quantitative estimate of drug-likeness (QED) is 0.782. The van der Waals surface area contributed by atoms with Crippen molar-refractivity contribution in [3.8, 4) is 11.5 Å². The van der Waals surface area contributed by atoms with E-state index >= 15 is 0 Å². The van der Waals surface area contributed by atoms with Crippen LogP contribution >= 0.6 is 0 Å². The number of benzene rings is 1. The zero-order chi connectivity index (χ0) is 16.8. The van der Waals surface area contributed by atoms with Gasteiger partial charge in [-0.15, -0.1) is 0 Å². The first-order valence-electron chi connectivity index (χ1n) is 8.30. The molecular formula is C18H23N3O3. The Kier molecular flexibility index (Phi) is 5.36. The van der Waals surface area contributed by atoms with Gasteiger partial charge >= 0.3 is 0 Å². The Morgan fingerprint density at radius 3 is 2.88 bits per heavy atom. The van der Waals surface area contributed by atoms with Crippen LogP contribution in [0.2, 0.25) is 0 Å². The fraction of sp³-hybridized carbons (Fsp3) is 0.444. The highest BCUT2D eigenvalue weighted by Crippen LogP contribution is 2.26. The highest BCUT2D eigenvalue weighted by Gasteiger charge is 2.28. The van der Waals surface area contributed by atoms with Gasteiger partial charge in [0.05, 0.1) is 32.7 Å². The van der Waals surface area contributed by atoms with E-state index in [1.54, 1.807) is 13.3 Å². The number of ether oxygens (including phenoxy) is 2. The molecule has 1 unspecified atom stereocenters. The number of likely N-dealkylation sites (tertiary alicyclic amines) is 1. The van der Waals surface area contributed by atoms with Gasteiger partial charge in [-0.05, 0) is 31.0 Å². The summed E-state index contributed by atoms with van der Waals surface area (Å²) >= 11 is 0. The molecule has 1 aromatic carbocycles. The number of amides is 1. The summed E-state index contributed by atoms with van der Waals surface area (Å²) in [5.74, 6) is 1.49. The van der Waals surface area contributed by atoms with E-state index in [0.29, 0.717) is 24.5 Å². The van der Waals surface area contributed by atoms with E-state index in [4.69, 9.17) is 9.47 Å². The van der Waals surface area contributed by atoms with Crippen LogP contribution in [0.3, 0.4) is 0 Å². The van der Waals surface area contributed by atoms with Crippen molar-refractivity contribution >= 4 is 5.91 Å². The first-order valence-corrected chi connectivity index (χ1v) is 8.30. The van der Waals surface area contributed by atoms with Crippen LogP contribution in [0.1, 0.15) is 19.3 Å². The summed E-state index contributed by atoms with van der Waals surface area (Å²) in [5.41, 5.74) is 0. The number of hydrogen-bond donors (Lipinski definition) is 0.